The molecule has 1 atom stereocenters. The second-order valence-electron chi connectivity index (χ2n) is 5.20. The Morgan fingerprint density at radius 1 is 1.28 bits per heavy atom. The molecule has 100 valence electrons. The van der Waals surface area contributed by atoms with Gasteiger partial charge in [0.2, 0.25) is 0 Å². The van der Waals surface area contributed by atoms with Gasteiger partial charge in [0.05, 0.1) is 0 Å². The Balaban J connectivity index is 2.07. The van der Waals surface area contributed by atoms with Crippen molar-refractivity contribution in [1.29, 1.82) is 0 Å². The number of rotatable bonds is 5. The van der Waals surface area contributed by atoms with Gasteiger partial charge in [-0.2, -0.15) is 0 Å². The maximum absolute atomic E-state index is 5.79. The maximum Gasteiger partial charge on any atom is 0.0473 e. The van der Waals surface area contributed by atoms with Crippen LogP contribution in [0.1, 0.15) is 50.1 Å². The number of hydrazine groups is 1. The summed E-state index contributed by atoms with van der Waals surface area (Å²) in [6, 6.07) is 8.91. The van der Waals surface area contributed by atoms with Gasteiger partial charge < -0.3 is 0 Å². The van der Waals surface area contributed by atoms with Crippen molar-refractivity contribution in [1.82, 2.24) is 5.43 Å². The van der Waals surface area contributed by atoms with Crippen molar-refractivity contribution < 1.29 is 0 Å². The van der Waals surface area contributed by atoms with E-state index in [1.807, 2.05) is 0 Å². The lowest BCUT2D eigenvalue weighted by molar-refractivity contribution is 0.300. The molecule has 1 saturated carbocycles. The molecule has 0 aromatic heterocycles. The van der Waals surface area contributed by atoms with E-state index in [2.05, 4.69) is 35.9 Å². The predicted octanol–water partition coefficient (Wildman–Crippen LogP) is 3.88. The zero-order chi connectivity index (χ0) is 12.8. The number of benzene rings is 1. The van der Waals surface area contributed by atoms with Crippen LogP contribution in [0.15, 0.2) is 29.2 Å². The Hall–Kier alpha value is -0.510. The van der Waals surface area contributed by atoms with Crippen molar-refractivity contribution in [3.05, 3.63) is 29.8 Å². The Morgan fingerprint density at radius 3 is 2.67 bits per heavy atom. The SMILES string of the molecule is CSc1ccccc1C(CC1CCCCC1)NN. The minimum atomic E-state index is 0.303. The van der Waals surface area contributed by atoms with E-state index < -0.39 is 0 Å². The number of nitrogens with one attached hydrogen (secondary N) is 1. The number of hydrogen-bond donors (Lipinski definition) is 2. The monoisotopic (exact) mass is 264 g/mol. The third-order valence-electron chi connectivity index (χ3n) is 4.01. The van der Waals surface area contributed by atoms with Crippen LogP contribution in [0.2, 0.25) is 0 Å². The Labute approximate surface area is 115 Å². The Morgan fingerprint density at radius 2 is 2.00 bits per heavy atom. The largest absolute Gasteiger partial charge is 0.271 e. The van der Waals surface area contributed by atoms with Gasteiger partial charge in [0.25, 0.3) is 0 Å². The minimum Gasteiger partial charge on any atom is -0.271 e. The van der Waals surface area contributed by atoms with E-state index in [9.17, 15) is 0 Å². The van der Waals surface area contributed by atoms with E-state index in [4.69, 9.17) is 5.84 Å². The fraction of sp³-hybridized carbons (Fsp3) is 0.600. The highest BCUT2D eigenvalue weighted by molar-refractivity contribution is 7.98. The van der Waals surface area contributed by atoms with Crippen LogP contribution in [0.5, 0.6) is 0 Å². The fourth-order valence-electron chi connectivity index (χ4n) is 3.00. The zero-order valence-corrected chi connectivity index (χ0v) is 12.0. The predicted molar refractivity (Wildman–Crippen MR) is 79.5 cm³/mol. The molecule has 2 nitrogen and oxygen atoms in total. The second-order valence-corrected chi connectivity index (χ2v) is 6.05. The molecule has 0 heterocycles. The summed E-state index contributed by atoms with van der Waals surface area (Å²) in [5.41, 5.74) is 4.39. The van der Waals surface area contributed by atoms with Crippen LogP contribution in [0.4, 0.5) is 0 Å². The standard InChI is InChI=1S/C15H24N2S/c1-18-15-10-6-5-9-13(15)14(17-16)11-12-7-3-2-4-8-12/h5-6,9-10,12,14,17H,2-4,7-8,11,16H2,1H3. The molecular weight excluding hydrogens is 240 g/mol. The van der Waals surface area contributed by atoms with Gasteiger partial charge in [-0.3, -0.25) is 11.3 Å². The Bertz CT molecular complexity index is 361. The molecule has 1 fully saturated rings. The molecule has 3 heteroatoms. The van der Waals surface area contributed by atoms with E-state index in [0.717, 1.165) is 5.92 Å². The third kappa shape index (κ3) is 3.50. The molecule has 1 aliphatic rings. The molecule has 1 aliphatic carbocycles. The number of nitrogens with two attached hydrogens (primary N) is 1. The zero-order valence-electron chi connectivity index (χ0n) is 11.2. The van der Waals surface area contributed by atoms with Crippen molar-refractivity contribution in [2.24, 2.45) is 11.8 Å². The first-order valence-corrected chi connectivity index (χ1v) is 8.16. The van der Waals surface area contributed by atoms with E-state index in [-0.39, 0.29) is 0 Å². The normalized spacial score (nSPS) is 18.8. The quantitative estimate of drug-likeness (QED) is 0.481. The first kappa shape index (κ1) is 13.9. The summed E-state index contributed by atoms with van der Waals surface area (Å²) >= 11 is 1.81. The molecule has 2 rings (SSSR count). The fourth-order valence-corrected chi connectivity index (χ4v) is 3.66. The maximum atomic E-state index is 5.79. The van der Waals surface area contributed by atoms with Gasteiger partial charge in [-0.15, -0.1) is 11.8 Å². The minimum absolute atomic E-state index is 0.303. The molecule has 0 spiro atoms. The highest BCUT2D eigenvalue weighted by atomic mass is 32.2. The first-order chi connectivity index (χ1) is 8.85. The van der Waals surface area contributed by atoms with E-state index in [1.165, 1.54) is 49.0 Å². The van der Waals surface area contributed by atoms with Crippen LogP contribution in [-0.4, -0.2) is 6.26 Å². The van der Waals surface area contributed by atoms with Gasteiger partial charge >= 0.3 is 0 Å². The van der Waals surface area contributed by atoms with Gasteiger partial charge in [-0.1, -0.05) is 50.3 Å². The summed E-state index contributed by atoms with van der Waals surface area (Å²) < 4.78 is 0. The molecule has 3 N–H and O–H groups in total. The van der Waals surface area contributed by atoms with E-state index in [1.54, 1.807) is 11.8 Å². The molecular formula is C15H24N2S. The van der Waals surface area contributed by atoms with Crippen LogP contribution >= 0.6 is 11.8 Å². The molecule has 1 aromatic rings. The van der Waals surface area contributed by atoms with Crippen molar-refractivity contribution in [3.8, 4) is 0 Å². The highest BCUT2D eigenvalue weighted by Gasteiger charge is 2.20. The van der Waals surface area contributed by atoms with Gasteiger partial charge in [0.15, 0.2) is 0 Å². The lowest BCUT2D eigenvalue weighted by Gasteiger charge is -2.27. The highest BCUT2D eigenvalue weighted by Crippen LogP contribution is 2.34. The topological polar surface area (TPSA) is 38.0 Å². The van der Waals surface area contributed by atoms with Crippen LogP contribution in [-0.2, 0) is 0 Å². The van der Waals surface area contributed by atoms with Crippen LogP contribution in [0, 0.1) is 5.92 Å². The molecule has 1 unspecified atom stereocenters. The Kier molecular flexibility index (Phi) is 5.54. The van der Waals surface area contributed by atoms with Gasteiger partial charge in [0.1, 0.15) is 0 Å². The smallest absolute Gasteiger partial charge is 0.0473 e. The number of hydrogen-bond acceptors (Lipinski definition) is 3. The third-order valence-corrected chi connectivity index (χ3v) is 4.82. The molecule has 0 saturated heterocycles. The van der Waals surface area contributed by atoms with Gasteiger partial charge in [-0.05, 0) is 30.2 Å². The van der Waals surface area contributed by atoms with Gasteiger partial charge in [0, 0.05) is 10.9 Å². The summed E-state index contributed by atoms with van der Waals surface area (Å²) in [5, 5.41) is 0. The summed E-state index contributed by atoms with van der Waals surface area (Å²) in [5.74, 6) is 6.63. The average molecular weight is 264 g/mol. The van der Waals surface area contributed by atoms with E-state index in [0.29, 0.717) is 6.04 Å². The molecule has 1 aromatic carbocycles. The van der Waals surface area contributed by atoms with Crippen LogP contribution in [0.25, 0.3) is 0 Å². The molecule has 0 bridgehead atoms. The summed E-state index contributed by atoms with van der Waals surface area (Å²) in [7, 11) is 0. The van der Waals surface area contributed by atoms with Gasteiger partial charge in [-0.25, -0.2) is 0 Å². The molecule has 0 aliphatic heterocycles. The van der Waals surface area contributed by atoms with E-state index >= 15 is 0 Å². The van der Waals surface area contributed by atoms with Crippen LogP contribution < -0.4 is 11.3 Å². The average Bonchev–Trinajstić information content (AvgIpc) is 2.46. The first-order valence-electron chi connectivity index (χ1n) is 6.94. The molecule has 18 heavy (non-hydrogen) atoms. The van der Waals surface area contributed by atoms with Crippen molar-refractivity contribution in [3.63, 3.8) is 0 Å². The summed E-state index contributed by atoms with van der Waals surface area (Å²) in [6.07, 6.45) is 10.3. The number of thioether (sulfide) groups is 1. The summed E-state index contributed by atoms with van der Waals surface area (Å²) in [6.45, 7) is 0. The van der Waals surface area contributed by atoms with Crippen molar-refractivity contribution >= 4 is 11.8 Å². The lowest BCUT2D eigenvalue weighted by Crippen LogP contribution is -2.30. The molecule has 0 radical (unpaired) electrons. The lowest BCUT2D eigenvalue weighted by atomic mass is 9.83. The second kappa shape index (κ2) is 7.17. The summed E-state index contributed by atoms with van der Waals surface area (Å²) in [4.78, 5) is 1.34. The molecule has 0 amide bonds. The van der Waals surface area contributed by atoms with Crippen molar-refractivity contribution in [2.45, 2.75) is 49.5 Å². The van der Waals surface area contributed by atoms with Crippen molar-refractivity contribution in [2.75, 3.05) is 6.26 Å². The van der Waals surface area contributed by atoms with Crippen LogP contribution in [0.3, 0.4) is 0 Å².